The lowest BCUT2D eigenvalue weighted by molar-refractivity contribution is -0.144. The number of pyridine rings is 1. The minimum absolute atomic E-state index is 0.0335. The van der Waals surface area contributed by atoms with E-state index >= 15 is 0 Å². The average Bonchev–Trinajstić information content (AvgIpc) is 3.35. The Morgan fingerprint density at radius 1 is 1.21 bits per heavy atom. The minimum Gasteiger partial charge on any atom is -0.373 e. The van der Waals surface area contributed by atoms with Crippen LogP contribution in [0.4, 0.5) is 19.1 Å². The number of likely N-dealkylation sites (tertiary alicyclic amines) is 1. The molecule has 3 aromatic rings. The zero-order valence-electron chi connectivity index (χ0n) is 17.8. The van der Waals surface area contributed by atoms with Crippen molar-refractivity contribution in [2.75, 3.05) is 18.9 Å². The first kappa shape index (κ1) is 22.6. The van der Waals surface area contributed by atoms with E-state index in [1.165, 1.54) is 24.1 Å². The molecule has 0 spiro atoms. The van der Waals surface area contributed by atoms with E-state index in [-0.39, 0.29) is 18.1 Å². The second-order valence-electron chi connectivity index (χ2n) is 7.95. The summed E-state index contributed by atoms with van der Waals surface area (Å²) in [4.78, 5) is 26.4. The summed E-state index contributed by atoms with van der Waals surface area (Å²) in [5, 5.41) is 17.3. The maximum absolute atomic E-state index is 12.6. The number of halogens is 3. The topological polar surface area (TPSA) is 117 Å². The van der Waals surface area contributed by atoms with Gasteiger partial charge in [0.15, 0.2) is 5.76 Å². The van der Waals surface area contributed by atoms with E-state index in [1.54, 1.807) is 31.3 Å². The second kappa shape index (κ2) is 8.43. The van der Waals surface area contributed by atoms with Crippen LogP contribution in [0.3, 0.4) is 0 Å². The molecule has 0 saturated carbocycles. The highest BCUT2D eigenvalue weighted by atomic mass is 19.4. The van der Waals surface area contributed by atoms with Crippen molar-refractivity contribution >= 4 is 11.9 Å². The van der Waals surface area contributed by atoms with Crippen LogP contribution < -0.4 is 5.32 Å². The van der Waals surface area contributed by atoms with Crippen molar-refractivity contribution in [2.45, 2.75) is 37.6 Å². The molecule has 0 aliphatic carbocycles. The van der Waals surface area contributed by atoms with Crippen molar-refractivity contribution in [1.29, 1.82) is 0 Å². The monoisotopic (exact) mass is 462 g/mol. The predicted molar refractivity (Wildman–Crippen MR) is 111 cm³/mol. The van der Waals surface area contributed by atoms with Gasteiger partial charge in [0.05, 0.1) is 23.5 Å². The number of likely N-dealkylation sites (N-methyl/N-ethyl adjacent to an activating group) is 1. The zero-order valence-corrected chi connectivity index (χ0v) is 17.8. The number of hydrogen-bond acceptors (Lipinski definition) is 8. The fourth-order valence-corrected chi connectivity index (χ4v) is 3.58. The number of carbonyl (C=O) groups excluding carboxylic acids is 1. The first-order chi connectivity index (χ1) is 15.5. The number of rotatable bonds is 6. The molecule has 2 atom stereocenters. The number of aromatic nitrogens is 4. The lowest BCUT2D eigenvalue weighted by Gasteiger charge is -2.16. The maximum Gasteiger partial charge on any atom is 0.391 e. The Labute approximate surface area is 186 Å². The third-order valence-corrected chi connectivity index (χ3v) is 5.27. The molecule has 4 rings (SSSR count). The molecule has 174 valence electrons. The maximum atomic E-state index is 12.6. The number of amides is 1. The average molecular weight is 462 g/mol. The molecule has 1 aliphatic rings. The summed E-state index contributed by atoms with van der Waals surface area (Å²) >= 11 is 0. The van der Waals surface area contributed by atoms with Crippen molar-refractivity contribution in [3.05, 3.63) is 42.3 Å². The van der Waals surface area contributed by atoms with E-state index in [0.717, 1.165) is 0 Å². The van der Waals surface area contributed by atoms with Gasteiger partial charge in [-0.25, -0.2) is 15.0 Å². The van der Waals surface area contributed by atoms with Crippen LogP contribution in [0.15, 0.2) is 41.1 Å². The Morgan fingerprint density at radius 2 is 1.91 bits per heavy atom. The van der Waals surface area contributed by atoms with Crippen LogP contribution in [-0.2, 0) is 10.4 Å². The molecule has 0 bridgehead atoms. The number of nitrogens with one attached hydrogen (secondary N) is 1. The van der Waals surface area contributed by atoms with Crippen molar-refractivity contribution in [3.8, 4) is 22.8 Å². The smallest absolute Gasteiger partial charge is 0.373 e. The molecule has 4 heterocycles. The summed E-state index contributed by atoms with van der Waals surface area (Å²) in [6.45, 7) is 1.79. The predicted octanol–water partition coefficient (Wildman–Crippen LogP) is 3.00. The second-order valence-corrected chi connectivity index (χ2v) is 7.95. The van der Waals surface area contributed by atoms with Gasteiger partial charge < -0.3 is 19.8 Å². The Hall–Kier alpha value is -3.54. The van der Waals surface area contributed by atoms with Crippen LogP contribution >= 0.6 is 0 Å². The molecule has 1 saturated heterocycles. The third-order valence-electron chi connectivity index (χ3n) is 5.27. The standard InChI is InChI=1S/C21H21F3N6O3/c1-12(11-21(22,23)24)26-19-25-8-6-15(28-19)13-4-3-5-14(27-13)16-10-17(33-29-16)20(32)7-9-30(2)18(20)31/h3-6,8,10,12,32H,7,9,11H2,1-2H3,(H,25,26,28)/t12-,20-/m1/s1. The first-order valence-electron chi connectivity index (χ1n) is 10.1. The third kappa shape index (κ3) is 4.80. The van der Waals surface area contributed by atoms with E-state index in [4.69, 9.17) is 4.52 Å². The van der Waals surface area contributed by atoms with Crippen LogP contribution in [-0.4, -0.2) is 61.8 Å². The highest BCUT2D eigenvalue weighted by Gasteiger charge is 2.48. The normalized spacial score (nSPS) is 19.7. The van der Waals surface area contributed by atoms with Gasteiger partial charge in [0, 0.05) is 38.3 Å². The molecular formula is C21H21F3N6O3. The fraction of sp³-hybridized carbons (Fsp3) is 0.381. The van der Waals surface area contributed by atoms with Crippen LogP contribution in [0.5, 0.6) is 0 Å². The number of hydrogen-bond donors (Lipinski definition) is 2. The van der Waals surface area contributed by atoms with Gasteiger partial charge in [-0.2, -0.15) is 13.2 Å². The summed E-state index contributed by atoms with van der Waals surface area (Å²) in [6, 6.07) is 7.19. The molecule has 33 heavy (non-hydrogen) atoms. The lowest BCUT2D eigenvalue weighted by Crippen LogP contribution is -2.35. The molecular weight excluding hydrogens is 441 g/mol. The number of nitrogens with zero attached hydrogens (tertiary/aromatic N) is 5. The quantitative estimate of drug-likeness (QED) is 0.574. The summed E-state index contributed by atoms with van der Waals surface area (Å²) in [5.74, 6) is -0.384. The van der Waals surface area contributed by atoms with E-state index in [9.17, 15) is 23.1 Å². The number of alkyl halides is 3. The van der Waals surface area contributed by atoms with E-state index < -0.39 is 30.1 Å². The van der Waals surface area contributed by atoms with Crippen molar-refractivity contribution < 1.29 is 27.6 Å². The van der Waals surface area contributed by atoms with Crippen molar-refractivity contribution in [3.63, 3.8) is 0 Å². The summed E-state index contributed by atoms with van der Waals surface area (Å²) in [6.07, 6.45) is -3.71. The highest BCUT2D eigenvalue weighted by Crippen LogP contribution is 2.34. The molecule has 12 heteroatoms. The molecule has 2 N–H and O–H groups in total. The van der Waals surface area contributed by atoms with E-state index in [0.29, 0.717) is 29.3 Å². The van der Waals surface area contributed by atoms with Gasteiger partial charge in [-0.3, -0.25) is 4.79 Å². The summed E-state index contributed by atoms with van der Waals surface area (Å²) in [7, 11) is 1.59. The summed E-state index contributed by atoms with van der Waals surface area (Å²) < 4.78 is 43.0. The number of aliphatic hydroxyl groups is 1. The lowest BCUT2D eigenvalue weighted by atomic mass is 9.98. The first-order valence-corrected chi connectivity index (χ1v) is 10.1. The Morgan fingerprint density at radius 3 is 2.58 bits per heavy atom. The molecule has 9 nitrogen and oxygen atoms in total. The SMILES string of the molecule is C[C@H](CC(F)(F)F)Nc1nccc(-c2cccc(-c3cc([C@]4(O)CCN(C)C4=O)on3)n2)n1. The van der Waals surface area contributed by atoms with Crippen LogP contribution in [0.25, 0.3) is 22.8 Å². The minimum atomic E-state index is -4.30. The Balaban J connectivity index is 1.56. The molecule has 1 aliphatic heterocycles. The van der Waals surface area contributed by atoms with Gasteiger partial charge >= 0.3 is 6.18 Å². The Bertz CT molecular complexity index is 1170. The zero-order chi connectivity index (χ0) is 23.8. The van der Waals surface area contributed by atoms with E-state index in [1.807, 2.05) is 0 Å². The van der Waals surface area contributed by atoms with Gasteiger partial charge in [-0.1, -0.05) is 11.2 Å². The highest BCUT2D eigenvalue weighted by molar-refractivity contribution is 5.87. The van der Waals surface area contributed by atoms with Gasteiger partial charge in [-0.05, 0) is 25.1 Å². The molecule has 1 amide bonds. The van der Waals surface area contributed by atoms with Gasteiger partial charge in [0.2, 0.25) is 11.5 Å². The van der Waals surface area contributed by atoms with Gasteiger partial charge in [0.25, 0.3) is 5.91 Å². The molecule has 3 aromatic heterocycles. The van der Waals surface area contributed by atoms with Crippen LogP contribution in [0.2, 0.25) is 0 Å². The van der Waals surface area contributed by atoms with Gasteiger partial charge in [0.1, 0.15) is 5.69 Å². The van der Waals surface area contributed by atoms with Gasteiger partial charge in [-0.15, -0.1) is 0 Å². The Kier molecular flexibility index (Phi) is 5.78. The molecule has 0 unspecified atom stereocenters. The summed E-state index contributed by atoms with van der Waals surface area (Å²) in [5.41, 5.74) is -0.222. The van der Waals surface area contributed by atoms with Crippen LogP contribution in [0, 0.1) is 0 Å². The van der Waals surface area contributed by atoms with Crippen molar-refractivity contribution in [1.82, 2.24) is 25.0 Å². The largest absolute Gasteiger partial charge is 0.391 e. The molecule has 0 aromatic carbocycles. The fourth-order valence-electron chi connectivity index (χ4n) is 3.58. The number of anilines is 1. The van der Waals surface area contributed by atoms with Crippen molar-refractivity contribution in [2.24, 2.45) is 0 Å². The van der Waals surface area contributed by atoms with Crippen LogP contribution in [0.1, 0.15) is 25.5 Å². The number of carbonyl (C=O) groups is 1. The van der Waals surface area contributed by atoms with E-state index in [2.05, 4.69) is 25.4 Å². The molecule has 1 fully saturated rings. The molecule has 0 radical (unpaired) electrons.